The van der Waals surface area contributed by atoms with E-state index in [1.54, 1.807) is 0 Å². The highest BCUT2D eigenvalue weighted by atomic mass is 19.1. The topological polar surface area (TPSA) is 61.5 Å². The van der Waals surface area contributed by atoms with Crippen molar-refractivity contribution in [2.24, 2.45) is 5.73 Å². The largest absolute Gasteiger partial charge is 0.493 e. The Morgan fingerprint density at radius 3 is 2.43 bits per heavy atom. The predicted octanol–water partition coefficient (Wildman–Crippen LogP) is 0.942. The summed E-state index contributed by atoms with van der Waals surface area (Å²) < 4.78 is 23.1. The Morgan fingerprint density at radius 2 is 2.00 bits per heavy atom. The van der Waals surface area contributed by atoms with Gasteiger partial charge in [-0.15, -0.1) is 0 Å². The van der Waals surface area contributed by atoms with Crippen LogP contribution in [0, 0.1) is 5.82 Å². The summed E-state index contributed by atoms with van der Waals surface area (Å²) in [7, 11) is 2.66. The molecule has 0 saturated carbocycles. The van der Waals surface area contributed by atoms with Crippen molar-refractivity contribution in [2.75, 3.05) is 14.2 Å². The summed E-state index contributed by atoms with van der Waals surface area (Å²) in [6.07, 6.45) is 0. The van der Waals surface area contributed by atoms with Gasteiger partial charge in [0.2, 0.25) is 0 Å². The van der Waals surface area contributed by atoms with Crippen molar-refractivity contribution < 1.29 is 18.7 Å². The lowest BCUT2D eigenvalue weighted by Gasteiger charge is -2.09. The molecule has 0 aliphatic heterocycles. The molecule has 0 bridgehead atoms. The summed E-state index contributed by atoms with van der Waals surface area (Å²) in [5.41, 5.74) is 4.73. The molecule has 1 aromatic rings. The van der Waals surface area contributed by atoms with Gasteiger partial charge >= 0.3 is 0 Å². The van der Waals surface area contributed by atoms with Crippen molar-refractivity contribution in [3.63, 3.8) is 0 Å². The molecule has 0 atom stereocenters. The molecule has 0 unspecified atom stereocenters. The number of methoxy groups -OCH3 is 2. The third-order valence-electron chi connectivity index (χ3n) is 1.75. The van der Waals surface area contributed by atoms with Crippen molar-refractivity contribution in [3.8, 4) is 11.5 Å². The third-order valence-corrected chi connectivity index (χ3v) is 1.75. The van der Waals surface area contributed by atoms with E-state index in [1.807, 2.05) is 0 Å². The summed E-state index contributed by atoms with van der Waals surface area (Å²) in [5, 5.41) is 0. The van der Waals surface area contributed by atoms with Crippen LogP contribution in [0.5, 0.6) is 11.5 Å². The maximum atomic E-state index is 13.5. The summed E-state index contributed by atoms with van der Waals surface area (Å²) in [6, 6.07) is 2.67. The van der Waals surface area contributed by atoms with Gasteiger partial charge in [-0.1, -0.05) is 0 Å². The normalized spacial score (nSPS) is 9.64. The molecule has 1 amide bonds. The van der Waals surface area contributed by atoms with E-state index < -0.39 is 11.7 Å². The molecular weight excluding hydrogens is 189 g/mol. The minimum atomic E-state index is -0.844. The number of amides is 1. The number of rotatable bonds is 3. The van der Waals surface area contributed by atoms with E-state index in [0.29, 0.717) is 0 Å². The Balaban J connectivity index is 3.34. The van der Waals surface area contributed by atoms with Crippen LogP contribution >= 0.6 is 0 Å². The summed E-state index contributed by atoms with van der Waals surface area (Å²) >= 11 is 0. The van der Waals surface area contributed by atoms with Gasteiger partial charge in [0.05, 0.1) is 19.8 Å². The zero-order valence-electron chi connectivity index (χ0n) is 7.83. The van der Waals surface area contributed by atoms with E-state index in [0.717, 1.165) is 0 Å². The maximum Gasteiger partial charge on any atom is 0.251 e. The van der Waals surface area contributed by atoms with Crippen LogP contribution in [0.1, 0.15) is 10.4 Å². The van der Waals surface area contributed by atoms with Gasteiger partial charge in [-0.3, -0.25) is 4.79 Å². The average molecular weight is 199 g/mol. The Hall–Kier alpha value is -1.78. The van der Waals surface area contributed by atoms with Gasteiger partial charge in [-0.05, 0) is 12.1 Å². The molecule has 0 radical (unpaired) electrons. The minimum Gasteiger partial charge on any atom is -0.493 e. The molecular formula is C9H10FNO3. The number of hydrogen-bond donors (Lipinski definition) is 1. The molecule has 0 aliphatic carbocycles. The number of benzene rings is 1. The van der Waals surface area contributed by atoms with E-state index in [2.05, 4.69) is 0 Å². The predicted molar refractivity (Wildman–Crippen MR) is 48.0 cm³/mol. The molecule has 0 heterocycles. The average Bonchev–Trinajstić information content (AvgIpc) is 2.16. The smallest absolute Gasteiger partial charge is 0.251 e. The monoisotopic (exact) mass is 199 g/mol. The third kappa shape index (κ3) is 1.61. The molecule has 5 heteroatoms. The highest BCUT2D eigenvalue weighted by Gasteiger charge is 2.17. The first-order chi connectivity index (χ1) is 6.61. The molecule has 0 saturated heterocycles. The SMILES string of the molecule is COc1ccc(C(N)=O)c(F)c1OC. The van der Waals surface area contributed by atoms with E-state index in [1.165, 1.54) is 26.4 Å². The lowest BCUT2D eigenvalue weighted by atomic mass is 10.2. The number of carbonyl (C=O) groups is 1. The second-order valence-electron chi connectivity index (χ2n) is 2.53. The molecule has 0 aliphatic rings. The molecule has 0 fully saturated rings. The molecule has 4 nitrogen and oxygen atoms in total. The Labute approximate surface area is 80.4 Å². The number of primary amides is 1. The molecule has 76 valence electrons. The van der Waals surface area contributed by atoms with Crippen molar-refractivity contribution in [1.29, 1.82) is 0 Å². The second kappa shape index (κ2) is 3.95. The second-order valence-corrected chi connectivity index (χ2v) is 2.53. The van der Waals surface area contributed by atoms with Gasteiger partial charge in [0.15, 0.2) is 17.3 Å². The van der Waals surface area contributed by atoms with Gasteiger partial charge in [0, 0.05) is 0 Å². The molecule has 1 rings (SSSR count). The van der Waals surface area contributed by atoms with Crippen LogP contribution in [0.15, 0.2) is 12.1 Å². The fourth-order valence-electron chi connectivity index (χ4n) is 1.08. The zero-order chi connectivity index (χ0) is 10.7. The van der Waals surface area contributed by atoms with Crippen LogP contribution in [-0.2, 0) is 0 Å². The van der Waals surface area contributed by atoms with Crippen molar-refractivity contribution in [1.82, 2.24) is 0 Å². The number of ether oxygens (including phenoxy) is 2. The van der Waals surface area contributed by atoms with Crippen LogP contribution in [0.4, 0.5) is 4.39 Å². The van der Waals surface area contributed by atoms with Crippen molar-refractivity contribution in [2.45, 2.75) is 0 Å². The molecule has 1 aromatic carbocycles. The number of halogens is 1. The van der Waals surface area contributed by atoms with Crippen LogP contribution in [0.3, 0.4) is 0 Å². The Kier molecular flexibility index (Phi) is 2.91. The fourth-order valence-corrected chi connectivity index (χ4v) is 1.08. The summed E-state index contributed by atoms with van der Waals surface area (Å²) in [4.78, 5) is 10.8. The zero-order valence-corrected chi connectivity index (χ0v) is 7.83. The molecule has 0 spiro atoms. The highest BCUT2D eigenvalue weighted by molar-refractivity contribution is 5.93. The minimum absolute atomic E-state index is 0.121. The summed E-state index contributed by atoms with van der Waals surface area (Å²) in [6.45, 7) is 0. The number of carbonyl (C=O) groups excluding carboxylic acids is 1. The quantitative estimate of drug-likeness (QED) is 0.788. The first-order valence-electron chi connectivity index (χ1n) is 3.82. The first-order valence-corrected chi connectivity index (χ1v) is 3.82. The fraction of sp³-hybridized carbons (Fsp3) is 0.222. The molecule has 0 aromatic heterocycles. The van der Waals surface area contributed by atoms with Gasteiger partial charge in [-0.25, -0.2) is 4.39 Å². The highest BCUT2D eigenvalue weighted by Crippen LogP contribution is 2.31. The van der Waals surface area contributed by atoms with E-state index >= 15 is 0 Å². The van der Waals surface area contributed by atoms with Crippen LogP contribution in [0.25, 0.3) is 0 Å². The van der Waals surface area contributed by atoms with Crippen molar-refractivity contribution >= 4 is 5.91 Å². The van der Waals surface area contributed by atoms with Crippen LogP contribution in [0.2, 0.25) is 0 Å². The van der Waals surface area contributed by atoms with E-state index in [9.17, 15) is 9.18 Å². The number of hydrogen-bond acceptors (Lipinski definition) is 3. The van der Waals surface area contributed by atoms with Gasteiger partial charge in [-0.2, -0.15) is 0 Å². The van der Waals surface area contributed by atoms with Crippen LogP contribution < -0.4 is 15.2 Å². The van der Waals surface area contributed by atoms with E-state index in [-0.39, 0.29) is 17.1 Å². The van der Waals surface area contributed by atoms with Gasteiger partial charge < -0.3 is 15.2 Å². The van der Waals surface area contributed by atoms with Gasteiger partial charge in [0.25, 0.3) is 5.91 Å². The Morgan fingerprint density at radius 1 is 1.36 bits per heavy atom. The maximum absolute atomic E-state index is 13.5. The van der Waals surface area contributed by atoms with Crippen molar-refractivity contribution in [3.05, 3.63) is 23.5 Å². The van der Waals surface area contributed by atoms with Gasteiger partial charge in [0.1, 0.15) is 0 Å². The lowest BCUT2D eigenvalue weighted by molar-refractivity contribution is 0.0995. The number of nitrogens with two attached hydrogens (primary N) is 1. The Bertz CT molecular complexity index is 365. The molecule has 14 heavy (non-hydrogen) atoms. The first kappa shape index (κ1) is 10.3. The summed E-state index contributed by atoms with van der Waals surface area (Å²) in [5.74, 6) is -1.55. The standard InChI is InChI=1S/C9H10FNO3/c1-13-6-4-3-5(9(11)12)7(10)8(6)14-2/h3-4H,1-2H3,(H2,11,12). The van der Waals surface area contributed by atoms with Crippen LogP contribution in [-0.4, -0.2) is 20.1 Å². The van der Waals surface area contributed by atoms with E-state index in [4.69, 9.17) is 15.2 Å². The molecule has 2 N–H and O–H groups in total. The lowest BCUT2D eigenvalue weighted by Crippen LogP contribution is -2.13.